The third-order valence-electron chi connectivity index (χ3n) is 5.63. The van der Waals surface area contributed by atoms with E-state index in [1.165, 1.54) is 0 Å². The number of nitrogens with zero attached hydrogens (tertiary/aromatic N) is 5. The zero-order valence-electron chi connectivity index (χ0n) is 18.2. The summed E-state index contributed by atoms with van der Waals surface area (Å²) in [6, 6.07) is 4.72. The second kappa shape index (κ2) is 11.3. The molecule has 8 nitrogen and oxygen atoms in total. The van der Waals surface area contributed by atoms with Crippen LogP contribution in [0.1, 0.15) is 19.4 Å². The molecular formula is C21H37N7O. The number of hydrogen-bond donors (Lipinski definition) is 2. The lowest BCUT2D eigenvalue weighted by molar-refractivity contribution is 0.0211. The number of aromatic nitrogens is 1. The molecule has 0 spiro atoms. The summed E-state index contributed by atoms with van der Waals surface area (Å²) in [5.41, 5.74) is 1.13. The van der Waals surface area contributed by atoms with Crippen LogP contribution in [0.4, 0.5) is 5.82 Å². The number of pyridine rings is 1. The Labute approximate surface area is 175 Å². The second-order valence-electron chi connectivity index (χ2n) is 7.89. The first kappa shape index (κ1) is 21.8. The number of morpholine rings is 1. The monoisotopic (exact) mass is 403 g/mol. The van der Waals surface area contributed by atoms with Crippen molar-refractivity contribution in [2.75, 3.05) is 77.5 Å². The van der Waals surface area contributed by atoms with Crippen molar-refractivity contribution in [1.82, 2.24) is 25.4 Å². The molecule has 0 aliphatic carbocycles. The fraction of sp³-hybridized carbons (Fsp3) is 0.714. The number of likely N-dealkylation sites (N-methyl/N-ethyl adjacent to an activating group) is 1. The first-order valence-corrected chi connectivity index (χ1v) is 10.9. The van der Waals surface area contributed by atoms with Gasteiger partial charge in [0.15, 0.2) is 5.96 Å². The molecule has 2 fully saturated rings. The summed E-state index contributed by atoms with van der Waals surface area (Å²) in [6.45, 7) is 14.6. The lowest BCUT2D eigenvalue weighted by Crippen LogP contribution is -2.49. The van der Waals surface area contributed by atoms with Crippen molar-refractivity contribution in [3.8, 4) is 0 Å². The summed E-state index contributed by atoms with van der Waals surface area (Å²) in [5.74, 6) is 1.92. The van der Waals surface area contributed by atoms with Crippen LogP contribution in [0, 0.1) is 0 Å². The lowest BCUT2D eigenvalue weighted by Gasteiger charge is -2.33. The van der Waals surface area contributed by atoms with Crippen molar-refractivity contribution >= 4 is 11.8 Å². The Morgan fingerprint density at radius 1 is 1.14 bits per heavy atom. The molecule has 3 heterocycles. The predicted octanol–water partition coefficient (Wildman–Crippen LogP) is 0.609. The molecule has 2 aliphatic rings. The van der Waals surface area contributed by atoms with Crippen molar-refractivity contribution in [3.63, 3.8) is 0 Å². The summed E-state index contributed by atoms with van der Waals surface area (Å²) in [6.07, 6.45) is 1.96. The molecule has 1 aromatic heterocycles. The third-order valence-corrected chi connectivity index (χ3v) is 5.63. The van der Waals surface area contributed by atoms with E-state index in [-0.39, 0.29) is 0 Å². The molecular weight excluding hydrogens is 366 g/mol. The largest absolute Gasteiger partial charge is 0.379 e. The molecule has 0 amide bonds. The zero-order chi connectivity index (χ0) is 20.5. The molecule has 0 bridgehead atoms. The number of nitrogens with one attached hydrogen (secondary N) is 2. The highest BCUT2D eigenvalue weighted by Gasteiger charge is 2.17. The quantitative estimate of drug-likeness (QED) is 0.511. The minimum Gasteiger partial charge on any atom is -0.379 e. The second-order valence-corrected chi connectivity index (χ2v) is 7.89. The average Bonchev–Trinajstić information content (AvgIpc) is 2.77. The number of piperazine rings is 1. The van der Waals surface area contributed by atoms with Gasteiger partial charge in [0, 0.05) is 64.6 Å². The van der Waals surface area contributed by atoms with Crippen LogP contribution in [-0.2, 0) is 11.3 Å². The van der Waals surface area contributed by atoms with E-state index in [4.69, 9.17) is 9.73 Å². The summed E-state index contributed by atoms with van der Waals surface area (Å²) < 4.78 is 5.44. The van der Waals surface area contributed by atoms with Gasteiger partial charge in [-0.15, -0.1) is 0 Å². The van der Waals surface area contributed by atoms with Crippen molar-refractivity contribution in [2.24, 2.45) is 4.99 Å². The summed E-state index contributed by atoms with van der Waals surface area (Å²) >= 11 is 0. The van der Waals surface area contributed by atoms with Gasteiger partial charge in [0.2, 0.25) is 0 Å². The Balaban J connectivity index is 1.49. The maximum absolute atomic E-state index is 5.44. The molecule has 2 aliphatic heterocycles. The Hall–Kier alpha value is -1.90. The van der Waals surface area contributed by atoms with E-state index >= 15 is 0 Å². The molecule has 0 radical (unpaired) electrons. The van der Waals surface area contributed by atoms with Gasteiger partial charge in [0.25, 0.3) is 0 Å². The van der Waals surface area contributed by atoms with Crippen LogP contribution < -0.4 is 15.5 Å². The van der Waals surface area contributed by atoms with Gasteiger partial charge in [-0.05, 0) is 32.5 Å². The Morgan fingerprint density at radius 3 is 2.55 bits per heavy atom. The number of anilines is 1. The predicted molar refractivity (Wildman–Crippen MR) is 119 cm³/mol. The maximum atomic E-state index is 5.44. The van der Waals surface area contributed by atoms with Crippen molar-refractivity contribution in [2.45, 2.75) is 26.4 Å². The van der Waals surface area contributed by atoms with E-state index in [9.17, 15) is 0 Å². The molecule has 29 heavy (non-hydrogen) atoms. The number of hydrogen-bond acceptors (Lipinski definition) is 6. The first-order valence-electron chi connectivity index (χ1n) is 10.9. The van der Waals surface area contributed by atoms with Gasteiger partial charge in [-0.2, -0.15) is 0 Å². The summed E-state index contributed by atoms with van der Waals surface area (Å²) in [5, 5.41) is 6.82. The maximum Gasteiger partial charge on any atom is 0.191 e. The van der Waals surface area contributed by atoms with Crippen LogP contribution >= 0.6 is 0 Å². The fourth-order valence-corrected chi connectivity index (χ4v) is 3.64. The van der Waals surface area contributed by atoms with Crippen molar-refractivity contribution in [1.29, 1.82) is 0 Å². The van der Waals surface area contributed by atoms with E-state index < -0.39 is 0 Å². The number of guanidine groups is 1. The van der Waals surface area contributed by atoms with Gasteiger partial charge >= 0.3 is 0 Å². The number of ether oxygens (including phenoxy) is 1. The SMILES string of the molecule is CCNC(=NCc1ccc(N2CCN(C)CC2)nc1)NCC(C)N1CCOCC1. The third kappa shape index (κ3) is 6.83. The molecule has 1 aromatic rings. The lowest BCUT2D eigenvalue weighted by atomic mass is 10.2. The molecule has 3 rings (SSSR count). The van der Waals surface area contributed by atoms with Crippen LogP contribution in [0.3, 0.4) is 0 Å². The van der Waals surface area contributed by atoms with E-state index in [0.717, 1.165) is 82.9 Å². The van der Waals surface area contributed by atoms with Crippen molar-refractivity contribution < 1.29 is 4.74 Å². The number of rotatable bonds is 7. The van der Waals surface area contributed by atoms with Crippen LogP contribution in [0.5, 0.6) is 0 Å². The van der Waals surface area contributed by atoms with Gasteiger partial charge in [-0.3, -0.25) is 4.90 Å². The number of aliphatic imine (C=N–C) groups is 1. The van der Waals surface area contributed by atoms with Gasteiger partial charge < -0.3 is 25.2 Å². The highest BCUT2D eigenvalue weighted by molar-refractivity contribution is 5.79. The molecule has 1 atom stereocenters. The van der Waals surface area contributed by atoms with Crippen LogP contribution in [0.25, 0.3) is 0 Å². The van der Waals surface area contributed by atoms with E-state index in [0.29, 0.717) is 12.6 Å². The average molecular weight is 404 g/mol. The standard InChI is InChI=1S/C21H37N7O/c1-4-22-21(24-15-18(2)27-11-13-29-14-12-27)25-17-19-5-6-20(23-16-19)28-9-7-26(3)8-10-28/h5-6,16,18H,4,7-15,17H2,1-3H3,(H2,22,24,25). The Bertz CT molecular complexity index is 622. The molecule has 0 saturated carbocycles. The highest BCUT2D eigenvalue weighted by atomic mass is 16.5. The molecule has 2 N–H and O–H groups in total. The molecule has 2 saturated heterocycles. The minimum absolute atomic E-state index is 0.451. The van der Waals surface area contributed by atoms with Gasteiger partial charge in [-0.1, -0.05) is 6.07 Å². The van der Waals surface area contributed by atoms with E-state index in [2.05, 4.69) is 63.3 Å². The van der Waals surface area contributed by atoms with Gasteiger partial charge in [-0.25, -0.2) is 9.98 Å². The highest BCUT2D eigenvalue weighted by Crippen LogP contribution is 2.14. The van der Waals surface area contributed by atoms with Crippen molar-refractivity contribution in [3.05, 3.63) is 23.9 Å². The van der Waals surface area contributed by atoms with Crippen LogP contribution in [-0.4, -0.2) is 99.4 Å². The molecule has 8 heteroatoms. The Morgan fingerprint density at radius 2 is 1.90 bits per heavy atom. The first-order chi connectivity index (χ1) is 14.2. The van der Waals surface area contributed by atoms with Crippen LogP contribution in [0.2, 0.25) is 0 Å². The minimum atomic E-state index is 0.451. The van der Waals surface area contributed by atoms with Gasteiger partial charge in [0.05, 0.1) is 19.8 Å². The van der Waals surface area contributed by atoms with E-state index in [1.54, 1.807) is 0 Å². The van der Waals surface area contributed by atoms with Crippen LogP contribution in [0.15, 0.2) is 23.3 Å². The summed E-state index contributed by atoms with van der Waals surface area (Å²) in [7, 11) is 2.17. The normalized spacial score (nSPS) is 20.5. The Kier molecular flexibility index (Phi) is 8.52. The fourth-order valence-electron chi connectivity index (χ4n) is 3.64. The summed E-state index contributed by atoms with van der Waals surface area (Å²) in [4.78, 5) is 16.6. The zero-order valence-corrected chi connectivity index (χ0v) is 18.2. The topological polar surface area (TPSA) is 68.3 Å². The molecule has 162 valence electrons. The molecule has 0 aromatic carbocycles. The smallest absolute Gasteiger partial charge is 0.191 e. The van der Waals surface area contributed by atoms with E-state index in [1.807, 2.05) is 6.20 Å². The van der Waals surface area contributed by atoms with Gasteiger partial charge in [0.1, 0.15) is 5.82 Å². The molecule has 1 unspecified atom stereocenters.